The summed E-state index contributed by atoms with van der Waals surface area (Å²) in [6.45, 7) is 8.24. The van der Waals surface area contributed by atoms with Gasteiger partial charge < -0.3 is 15.1 Å². The van der Waals surface area contributed by atoms with Gasteiger partial charge in [-0.2, -0.15) is 0 Å². The molecule has 1 aliphatic heterocycles. The fraction of sp³-hybridized carbons (Fsp3) is 0.533. The number of hydrogen-bond donors (Lipinski definition) is 1. The number of benzene rings is 1. The number of amides is 2. The Balaban J connectivity index is 2.01. The Hall–Kier alpha value is -1.55. The minimum Gasteiger partial charge on any atom is -0.323 e. The first-order valence-electron chi connectivity index (χ1n) is 6.85. The summed E-state index contributed by atoms with van der Waals surface area (Å²) in [5, 5.41) is 3.26. The van der Waals surface area contributed by atoms with Crippen molar-refractivity contribution in [2.75, 3.05) is 33.2 Å². The second-order valence-electron chi connectivity index (χ2n) is 5.31. The zero-order chi connectivity index (χ0) is 13.8. The van der Waals surface area contributed by atoms with E-state index in [-0.39, 0.29) is 6.03 Å². The Morgan fingerprint density at radius 2 is 2.00 bits per heavy atom. The molecule has 1 aromatic rings. The van der Waals surface area contributed by atoms with Gasteiger partial charge in [-0.1, -0.05) is 23.8 Å². The van der Waals surface area contributed by atoms with Gasteiger partial charge in [0.2, 0.25) is 0 Å². The van der Waals surface area contributed by atoms with E-state index >= 15 is 0 Å². The summed E-state index contributed by atoms with van der Waals surface area (Å²) in [4.78, 5) is 16.1. The highest BCUT2D eigenvalue weighted by atomic mass is 16.2. The molecule has 0 aliphatic carbocycles. The third-order valence-electron chi connectivity index (χ3n) is 3.63. The molecule has 1 aliphatic rings. The van der Waals surface area contributed by atoms with Crippen LogP contribution in [-0.4, -0.2) is 49.1 Å². The molecule has 0 aromatic heterocycles. The normalized spacial score (nSPS) is 15.4. The Kier molecular flexibility index (Phi) is 4.43. The number of urea groups is 1. The maximum atomic E-state index is 12.3. The van der Waals surface area contributed by atoms with Crippen molar-refractivity contribution in [1.82, 2.24) is 15.1 Å². The molecule has 1 heterocycles. The summed E-state index contributed by atoms with van der Waals surface area (Å²) in [6, 6.07) is 6.52. The second kappa shape index (κ2) is 6.06. The van der Waals surface area contributed by atoms with Gasteiger partial charge >= 0.3 is 6.03 Å². The van der Waals surface area contributed by atoms with Gasteiger partial charge in [-0.25, -0.2) is 4.79 Å². The summed E-state index contributed by atoms with van der Waals surface area (Å²) in [5.41, 5.74) is 3.71. The molecule has 0 atom stereocenters. The lowest BCUT2D eigenvalue weighted by molar-refractivity contribution is 0.154. The van der Waals surface area contributed by atoms with E-state index in [1.54, 1.807) is 0 Å². The van der Waals surface area contributed by atoms with E-state index in [0.29, 0.717) is 6.54 Å². The SMILES string of the molecule is Cc1ccc(C)c(CN(C)C(=O)N2CCNCC2)c1. The third-order valence-corrected chi connectivity index (χ3v) is 3.63. The van der Waals surface area contributed by atoms with Gasteiger partial charge in [0.1, 0.15) is 0 Å². The number of aryl methyl sites for hydroxylation is 2. The quantitative estimate of drug-likeness (QED) is 0.880. The zero-order valence-corrected chi connectivity index (χ0v) is 12.1. The summed E-state index contributed by atoms with van der Waals surface area (Å²) >= 11 is 0. The van der Waals surface area contributed by atoms with Crippen LogP contribution in [0.1, 0.15) is 16.7 Å². The van der Waals surface area contributed by atoms with Crippen molar-refractivity contribution in [3.05, 3.63) is 34.9 Å². The van der Waals surface area contributed by atoms with Gasteiger partial charge in [0.25, 0.3) is 0 Å². The number of hydrogen-bond acceptors (Lipinski definition) is 2. The van der Waals surface area contributed by atoms with Crippen LogP contribution < -0.4 is 5.32 Å². The Morgan fingerprint density at radius 1 is 1.32 bits per heavy atom. The van der Waals surface area contributed by atoms with E-state index in [4.69, 9.17) is 0 Å². The molecule has 0 unspecified atom stereocenters. The van der Waals surface area contributed by atoms with E-state index in [1.807, 2.05) is 16.8 Å². The standard InChI is InChI=1S/C15H23N3O/c1-12-4-5-13(2)14(10-12)11-17(3)15(19)18-8-6-16-7-9-18/h4-5,10,16H,6-9,11H2,1-3H3. The van der Waals surface area contributed by atoms with Crippen molar-refractivity contribution >= 4 is 6.03 Å². The molecule has 0 spiro atoms. The number of carbonyl (C=O) groups is 1. The van der Waals surface area contributed by atoms with E-state index < -0.39 is 0 Å². The summed E-state index contributed by atoms with van der Waals surface area (Å²) < 4.78 is 0. The van der Waals surface area contributed by atoms with Gasteiger partial charge in [-0.05, 0) is 25.0 Å². The van der Waals surface area contributed by atoms with E-state index in [0.717, 1.165) is 26.2 Å². The molecular weight excluding hydrogens is 238 g/mol. The van der Waals surface area contributed by atoms with Crippen molar-refractivity contribution < 1.29 is 4.79 Å². The predicted octanol–water partition coefficient (Wildman–Crippen LogP) is 1.76. The second-order valence-corrected chi connectivity index (χ2v) is 5.31. The first-order valence-corrected chi connectivity index (χ1v) is 6.85. The molecule has 4 heteroatoms. The van der Waals surface area contributed by atoms with Gasteiger partial charge in [0, 0.05) is 39.8 Å². The average Bonchev–Trinajstić information content (AvgIpc) is 2.43. The zero-order valence-electron chi connectivity index (χ0n) is 12.1. The molecule has 0 saturated carbocycles. The van der Waals surface area contributed by atoms with E-state index in [9.17, 15) is 4.79 Å². The van der Waals surface area contributed by atoms with Crippen LogP contribution in [-0.2, 0) is 6.54 Å². The first-order chi connectivity index (χ1) is 9.08. The molecule has 1 fully saturated rings. The van der Waals surface area contributed by atoms with Crippen molar-refractivity contribution in [3.8, 4) is 0 Å². The molecule has 2 rings (SSSR count). The molecule has 2 amide bonds. The smallest absolute Gasteiger partial charge is 0.320 e. The average molecular weight is 261 g/mol. The number of carbonyl (C=O) groups excluding carboxylic acids is 1. The third kappa shape index (κ3) is 3.47. The highest BCUT2D eigenvalue weighted by molar-refractivity contribution is 5.74. The van der Waals surface area contributed by atoms with Crippen LogP contribution in [0.25, 0.3) is 0 Å². The number of piperazine rings is 1. The van der Waals surface area contributed by atoms with Gasteiger partial charge in [-0.3, -0.25) is 0 Å². The van der Waals surface area contributed by atoms with Crippen LogP contribution in [0, 0.1) is 13.8 Å². The summed E-state index contributed by atoms with van der Waals surface area (Å²) in [7, 11) is 1.88. The predicted molar refractivity (Wildman–Crippen MR) is 77.2 cm³/mol. The maximum Gasteiger partial charge on any atom is 0.320 e. The molecule has 0 radical (unpaired) electrons. The highest BCUT2D eigenvalue weighted by Crippen LogP contribution is 2.13. The van der Waals surface area contributed by atoms with Gasteiger partial charge in [-0.15, -0.1) is 0 Å². The van der Waals surface area contributed by atoms with Crippen LogP contribution in [0.2, 0.25) is 0 Å². The minimum atomic E-state index is 0.127. The number of rotatable bonds is 2. The van der Waals surface area contributed by atoms with Crippen LogP contribution in [0.3, 0.4) is 0 Å². The molecule has 4 nitrogen and oxygen atoms in total. The van der Waals surface area contributed by atoms with Crippen LogP contribution in [0.4, 0.5) is 4.79 Å². The maximum absolute atomic E-state index is 12.3. The molecular formula is C15H23N3O. The molecule has 104 valence electrons. The lowest BCUT2D eigenvalue weighted by atomic mass is 10.1. The van der Waals surface area contributed by atoms with Gasteiger partial charge in [0.05, 0.1) is 0 Å². The first kappa shape index (κ1) is 13.9. The Labute approximate surface area is 115 Å². The van der Waals surface area contributed by atoms with Gasteiger partial charge in [0.15, 0.2) is 0 Å². The minimum absolute atomic E-state index is 0.127. The van der Waals surface area contributed by atoms with E-state index in [2.05, 4.69) is 37.4 Å². The van der Waals surface area contributed by atoms with Crippen LogP contribution in [0.5, 0.6) is 0 Å². The van der Waals surface area contributed by atoms with Crippen LogP contribution >= 0.6 is 0 Å². The van der Waals surface area contributed by atoms with Crippen molar-refractivity contribution in [1.29, 1.82) is 0 Å². The van der Waals surface area contributed by atoms with E-state index in [1.165, 1.54) is 16.7 Å². The number of nitrogens with one attached hydrogen (secondary N) is 1. The molecule has 0 bridgehead atoms. The highest BCUT2D eigenvalue weighted by Gasteiger charge is 2.20. The Morgan fingerprint density at radius 3 is 2.68 bits per heavy atom. The number of nitrogens with zero attached hydrogens (tertiary/aromatic N) is 2. The summed E-state index contributed by atoms with van der Waals surface area (Å²) in [5.74, 6) is 0. The topological polar surface area (TPSA) is 35.6 Å². The van der Waals surface area contributed by atoms with Crippen molar-refractivity contribution in [2.24, 2.45) is 0 Å². The molecule has 1 aromatic carbocycles. The lowest BCUT2D eigenvalue weighted by Crippen LogP contribution is -2.50. The van der Waals surface area contributed by atoms with Crippen molar-refractivity contribution in [2.45, 2.75) is 20.4 Å². The summed E-state index contributed by atoms with van der Waals surface area (Å²) in [6.07, 6.45) is 0. The largest absolute Gasteiger partial charge is 0.323 e. The van der Waals surface area contributed by atoms with Crippen molar-refractivity contribution in [3.63, 3.8) is 0 Å². The monoisotopic (exact) mass is 261 g/mol. The fourth-order valence-corrected chi connectivity index (χ4v) is 2.39. The fourth-order valence-electron chi connectivity index (χ4n) is 2.39. The molecule has 1 N–H and O–H groups in total. The Bertz CT molecular complexity index is 453. The molecule has 1 saturated heterocycles. The van der Waals surface area contributed by atoms with Crippen LogP contribution in [0.15, 0.2) is 18.2 Å². The lowest BCUT2D eigenvalue weighted by Gasteiger charge is -2.31. The molecule has 19 heavy (non-hydrogen) atoms.